The molecular weight excluding hydrogens is 430 g/mol. The third-order valence-electron chi connectivity index (χ3n) is 5.45. The number of aryl methyl sites for hydroxylation is 3. The Morgan fingerprint density at radius 2 is 1.59 bits per heavy atom. The first-order chi connectivity index (χ1) is 16.4. The number of amides is 1. The number of ether oxygens (including phenoxy) is 2. The molecule has 0 bridgehead atoms. The van der Waals surface area contributed by atoms with Crippen LogP contribution in [0.25, 0.3) is 11.0 Å². The number of carbonyl (C=O) groups is 2. The molecule has 4 rings (SSSR count). The highest BCUT2D eigenvalue weighted by atomic mass is 16.5. The van der Waals surface area contributed by atoms with Crippen molar-refractivity contribution in [1.29, 1.82) is 0 Å². The molecule has 6 heteroatoms. The van der Waals surface area contributed by atoms with Crippen LogP contribution in [-0.2, 0) is 4.79 Å². The quantitative estimate of drug-likeness (QED) is 0.328. The van der Waals surface area contributed by atoms with Gasteiger partial charge in [-0.3, -0.25) is 9.59 Å². The summed E-state index contributed by atoms with van der Waals surface area (Å²) in [6.45, 7) is 8.16. The van der Waals surface area contributed by atoms with Crippen LogP contribution in [-0.4, -0.2) is 24.9 Å². The Bertz CT molecular complexity index is 1330. The monoisotopic (exact) mass is 457 g/mol. The van der Waals surface area contributed by atoms with Crippen molar-refractivity contribution >= 4 is 28.3 Å². The van der Waals surface area contributed by atoms with E-state index < -0.39 is 0 Å². The summed E-state index contributed by atoms with van der Waals surface area (Å²) in [5, 5.41) is 3.48. The van der Waals surface area contributed by atoms with Gasteiger partial charge in [0.1, 0.15) is 17.1 Å². The van der Waals surface area contributed by atoms with Crippen LogP contribution < -0.4 is 14.8 Å². The fourth-order valence-corrected chi connectivity index (χ4v) is 4.04. The van der Waals surface area contributed by atoms with Crippen LogP contribution in [0.15, 0.2) is 65.1 Å². The van der Waals surface area contributed by atoms with E-state index in [0.29, 0.717) is 40.3 Å². The van der Waals surface area contributed by atoms with Gasteiger partial charge in [-0.25, -0.2) is 0 Å². The molecule has 34 heavy (non-hydrogen) atoms. The smallest absolute Gasteiger partial charge is 0.262 e. The number of furan rings is 1. The summed E-state index contributed by atoms with van der Waals surface area (Å²) in [5.74, 6) is 0.716. The second kappa shape index (κ2) is 9.83. The van der Waals surface area contributed by atoms with E-state index in [0.717, 1.165) is 16.7 Å². The molecule has 0 aliphatic carbocycles. The molecule has 1 N–H and O–H groups in total. The fourth-order valence-electron chi connectivity index (χ4n) is 4.04. The summed E-state index contributed by atoms with van der Waals surface area (Å²) in [6, 6.07) is 18.1. The number of fused-ring (bicyclic) bond motifs is 1. The van der Waals surface area contributed by atoms with E-state index in [-0.39, 0.29) is 24.1 Å². The lowest BCUT2D eigenvalue weighted by atomic mass is 10.1. The third kappa shape index (κ3) is 4.81. The second-order valence-electron chi connectivity index (χ2n) is 8.15. The van der Waals surface area contributed by atoms with Crippen LogP contribution in [0, 0.1) is 20.8 Å². The standard InChI is InChI=1S/C28H27NO5/c1-5-32-21-12-10-20(11-13-21)26(31)28-25(22-8-6-7-9-23(22)34-28)29-24(30)16-33-27-18(3)14-17(2)15-19(27)4/h6-15H,5,16H2,1-4H3,(H,29,30). The van der Waals surface area contributed by atoms with E-state index in [1.54, 1.807) is 36.4 Å². The van der Waals surface area contributed by atoms with E-state index in [2.05, 4.69) is 5.32 Å². The largest absolute Gasteiger partial charge is 0.494 e. The number of hydrogen-bond donors (Lipinski definition) is 1. The Morgan fingerprint density at radius 1 is 0.912 bits per heavy atom. The molecule has 0 aliphatic rings. The van der Waals surface area contributed by atoms with Crippen LogP contribution in [0.3, 0.4) is 0 Å². The Labute approximate surface area is 198 Å². The van der Waals surface area contributed by atoms with Crippen LogP contribution in [0.1, 0.15) is 39.7 Å². The topological polar surface area (TPSA) is 77.8 Å². The zero-order valence-electron chi connectivity index (χ0n) is 19.7. The van der Waals surface area contributed by atoms with E-state index in [9.17, 15) is 9.59 Å². The first kappa shape index (κ1) is 23.1. The molecule has 0 atom stereocenters. The normalized spacial score (nSPS) is 10.8. The van der Waals surface area contributed by atoms with Crippen molar-refractivity contribution in [2.45, 2.75) is 27.7 Å². The van der Waals surface area contributed by atoms with Crippen molar-refractivity contribution in [1.82, 2.24) is 0 Å². The van der Waals surface area contributed by atoms with Gasteiger partial charge in [0.25, 0.3) is 5.91 Å². The summed E-state index contributed by atoms with van der Waals surface area (Å²) in [4.78, 5) is 26.1. The van der Waals surface area contributed by atoms with Gasteiger partial charge in [0, 0.05) is 10.9 Å². The number of anilines is 1. The number of carbonyl (C=O) groups excluding carboxylic acids is 2. The molecular formula is C28H27NO5. The fraction of sp³-hybridized carbons (Fsp3) is 0.214. The first-order valence-electron chi connectivity index (χ1n) is 11.2. The molecule has 3 aromatic carbocycles. The molecule has 0 unspecified atom stereocenters. The minimum atomic E-state index is -0.383. The van der Waals surface area contributed by atoms with Gasteiger partial charge in [-0.2, -0.15) is 0 Å². The van der Waals surface area contributed by atoms with Gasteiger partial charge in [0.2, 0.25) is 5.78 Å². The average molecular weight is 458 g/mol. The van der Waals surface area contributed by atoms with Crippen LogP contribution >= 0.6 is 0 Å². The number of rotatable bonds is 8. The second-order valence-corrected chi connectivity index (χ2v) is 8.15. The minimum absolute atomic E-state index is 0.0707. The number of hydrogen-bond acceptors (Lipinski definition) is 5. The Balaban J connectivity index is 1.59. The highest BCUT2D eigenvalue weighted by Crippen LogP contribution is 2.33. The van der Waals surface area contributed by atoms with Crippen molar-refractivity contribution in [3.8, 4) is 11.5 Å². The van der Waals surface area contributed by atoms with E-state index >= 15 is 0 Å². The zero-order valence-corrected chi connectivity index (χ0v) is 19.7. The Hall–Kier alpha value is -4.06. The van der Waals surface area contributed by atoms with Crippen molar-refractivity contribution in [2.75, 3.05) is 18.5 Å². The van der Waals surface area contributed by atoms with E-state index in [4.69, 9.17) is 13.9 Å². The van der Waals surface area contributed by atoms with Crippen molar-refractivity contribution in [2.24, 2.45) is 0 Å². The highest BCUT2D eigenvalue weighted by Gasteiger charge is 2.23. The maximum absolute atomic E-state index is 13.3. The predicted octanol–water partition coefficient (Wildman–Crippen LogP) is 6.01. The molecule has 0 radical (unpaired) electrons. The first-order valence-corrected chi connectivity index (χ1v) is 11.2. The van der Waals surface area contributed by atoms with Crippen LogP contribution in [0.4, 0.5) is 5.69 Å². The third-order valence-corrected chi connectivity index (χ3v) is 5.45. The molecule has 174 valence electrons. The summed E-state index contributed by atoms with van der Waals surface area (Å²) < 4.78 is 17.1. The lowest BCUT2D eigenvalue weighted by Crippen LogP contribution is -2.21. The van der Waals surface area contributed by atoms with Gasteiger partial charge in [0.15, 0.2) is 12.4 Å². The number of benzene rings is 3. The molecule has 6 nitrogen and oxygen atoms in total. The number of para-hydroxylation sites is 1. The molecule has 4 aromatic rings. The molecule has 0 spiro atoms. The number of nitrogens with one attached hydrogen (secondary N) is 1. The lowest BCUT2D eigenvalue weighted by Gasteiger charge is -2.13. The highest BCUT2D eigenvalue weighted by molar-refractivity contribution is 6.17. The lowest BCUT2D eigenvalue weighted by molar-refractivity contribution is -0.118. The van der Waals surface area contributed by atoms with Crippen molar-refractivity contribution in [3.05, 3.63) is 88.7 Å². The summed E-state index contributed by atoms with van der Waals surface area (Å²) >= 11 is 0. The van der Waals surface area contributed by atoms with Gasteiger partial charge in [-0.1, -0.05) is 29.8 Å². The molecule has 1 heterocycles. The summed E-state index contributed by atoms with van der Waals surface area (Å²) in [7, 11) is 0. The average Bonchev–Trinajstić information content (AvgIpc) is 3.17. The van der Waals surface area contributed by atoms with Crippen molar-refractivity contribution in [3.63, 3.8) is 0 Å². The van der Waals surface area contributed by atoms with Crippen LogP contribution in [0.5, 0.6) is 11.5 Å². The summed E-state index contributed by atoms with van der Waals surface area (Å²) in [6.07, 6.45) is 0. The molecule has 0 fully saturated rings. The van der Waals surface area contributed by atoms with E-state index in [1.165, 1.54) is 0 Å². The van der Waals surface area contributed by atoms with Gasteiger partial charge >= 0.3 is 0 Å². The molecule has 1 amide bonds. The van der Waals surface area contributed by atoms with E-state index in [1.807, 2.05) is 52.0 Å². The zero-order chi connectivity index (χ0) is 24.2. The maximum atomic E-state index is 13.3. The predicted molar refractivity (Wildman–Crippen MR) is 132 cm³/mol. The van der Waals surface area contributed by atoms with Gasteiger partial charge in [0.05, 0.1) is 12.3 Å². The molecule has 0 saturated heterocycles. The molecule has 0 saturated carbocycles. The molecule has 1 aromatic heterocycles. The van der Waals surface area contributed by atoms with Gasteiger partial charge in [-0.15, -0.1) is 0 Å². The van der Waals surface area contributed by atoms with Gasteiger partial charge in [-0.05, 0) is 75.2 Å². The Morgan fingerprint density at radius 3 is 2.26 bits per heavy atom. The molecule has 0 aliphatic heterocycles. The van der Waals surface area contributed by atoms with Crippen LogP contribution in [0.2, 0.25) is 0 Å². The Kier molecular flexibility index (Phi) is 6.68. The number of ketones is 1. The van der Waals surface area contributed by atoms with Crippen molar-refractivity contribution < 1.29 is 23.5 Å². The SMILES string of the molecule is CCOc1ccc(C(=O)c2oc3ccccc3c2NC(=O)COc2c(C)cc(C)cc2C)cc1. The maximum Gasteiger partial charge on any atom is 0.262 e. The minimum Gasteiger partial charge on any atom is -0.494 e. The van der Waals surface area contributed by atoms with Gasteiger partial charge < -0.3 is 19.2 Å². The summed E-state index contributed by atoms with van der Waals surface area (Å²) in [5.41, 5.74) is 4.34.